The highest BCUT2D eigenvalue weighted by atomic mass is 16.3. The van der Waals surface area contributed by atoms with E-state index in [0.717, 1.165) is 5.56 Å². The van der Waals surface area contributed by atoms with Gasteiger partial charge in [-0.2, -0.15) is 0 Å². The summed E-state index contributed by atoms with van der Waals surface area (Å²) in [6.07, 6.45) is 0.469. The summed E-state index contributed by atoms with van der Waals surface area (Å²) in [6, 6.07) is 5.01. The van der Waals surface area contributed by atoms with Gasteiger partial charge in [-0.1, -0.05) is 17.7 Å². The van der Waals surface area contributed by atoms with E-state index in [-0.39, 0.29) is 18.4 Å². The van der Waals surface area contributed by atoms with Crippen molar-refractivity contribution < 1.29 is 10.2 Å². The molecule has 0 aliphatic carbocycles. The zero-order valence-corrected chi connectivity index (χ0v) is 7.70. The van der Waals surface area contributed by atoms with Gasteiger partial charge in [-0.05, 0) is 19.4 Å². The minimum atomic E-state index is -0.287. The molecule has 0 fully saturated rings. The molecule has 72 valence electrons. The predicted molar refractivity (Wildman–Crippen MR) is 51.5 cm³/mol. The minimum absolute atomic E-state index is 0.0363. The van der Waals surface area contributed by atoms with E-state index in [4.69, 9.17) is 10.8 Å². The van der Waals surface area contributed by atoms with Gasteiger partial charge in [0.2, 0.25) is 0 Å². The Morgan fingerprint density at radius 3 is 2.77 bits per heavy atom. The summed E-state index contributed by atoms with van der Waals surface area (Å²) in [6.45, 7) is 1.98. The summed E-state index contributed by atoms with van der Waals surface area (Å²) in [5, 5.41) is 18.2. The molecule has 0 saturated heterocycles. The first-order valence-corrected chi connectivity index (χ1v) is 4.31. The maximum absolute atomic E-state index is 9.47. The van der Waals surface area contributed by atoms with Crippen LogP contribution in [0.15, 0.2) is 18.2 Å². The summed E-state index contributed by atoms with van der Waals surface area (Å²) in [4.78, 5) is 0. The van der Waals surface area contributed by atoms with E-state index >= 15 is 0 Å². The van der Waals surface area contributed by atoms with Crippen molar-refractivity contribution in [2.75, 3.05) is 6.61 Å². The topological polar surface area (TPSA) is 66.5 Å². The molecule has 4 N–H and O–H groups in total. The molecular weight excluding hydrogens is 166 g/mol. The number of aliphatic hydroxyl groups is 1. The van der Waals surface area contributed by atoms with Crippen molar-refractivity contribution in [1.82, 2.24) is 0 Å². The maximum atomic E-state index is 9.47. The molecule has 0 aliphatic heterocycles. The first-order chi connectivity index (χ1) is 6.15. The summed E-state index contributed by atoms with van der Waals surface area (Å²) in [7, 11) is 0. The van der Waals surface area contributed by atoms with Crippen LogP contribution in [-0.4, -0.2) is 16.8 Å². The van der Waals surface area contributed by atoms with Crippen molar-refractivity contribution in [2.24, 2.45) is 5.73 Å². The summed E-state index contributed by atoms with van der Waals surface area (Å²) < 4.78 is 0. The van der Waals surface area contributed by atoms with Crippen LogP contribution in [0.4, 0.5) is 0 Å². The standard InChI is InChI=1S/C10H15NO2/c1-7-2-3-10(13)8(6-7)9(11)4-5-12/h2-3,6,9,12-13H,4-5,11H2,1H3/t9-/m0/s1. The summed E-state index contributed by atoms with van der Waals surface area (Å²) in [5.41, 5.74) is 7.51. The van der Waals surface area contributed by atoms with Gasteiger partial charge in [-0.3, -0.25) is 0 Å². The van der Waals surface area contributed by atoms with Gasteiger partial charge in [-0.15, -0.1) is 0 Å². The molecule has 1 rings (SSSR count). The third-order valence-electron chi connectivity index (χ3n) is 2.02. The predicted octanol–water partition coefficient (Wildman–Crippen LogP) is 1.08. The van der Waals surface area contributed by atoms with E-state index in [9.17, 15) is 5.11 Å². The number of phenolic OH excluding ortho intramolecular Hbond substituents is 1. The number of aryl methyl sites for hydroxylation is 1. The van der Waals surface area contributed by atoms with Gasteiger partial charge in [0.1, 0.15) is 5.75 Å². The van der Waals surface area contributed by atoms with Crippen molar-refractivity contribution >= 4 is 0 Å². The number of aromatic hydroxyl groups is 1. The lowest BCUT2D eigenvalue weighted by atomic mass is 10.0. The van der Waals surface area contributed by atoms with Crippen LogP contribution < -0.4 is 5.73 Å². The third-order valence-corrected chi connectivity index (χ3v) is 2.02. The Balaban J connectivity index is 2.91. The summed E-state index contributed by atoms with van der Waals surface area (Å²) >= 11 is 0. The van der Waals surface area contributed by atoms with Crippen molar-refractivity contribution in [3.8, 4) is 5.75 Å². The lowest BCUT2D eigenvalue weighted by molar-refractivity contribution is 0.275. The van der Waals surface area contributed by atoms with Crippen LogP contribution in [0.2, 0.25) is 0 Å². The number of phenols is 1. The highest BCUT2D eigenvalue weighted by Crippen LogP contribution is 2.25. The monoisotopic (exact) mass is 181 g/mol. The van der Waals surface area contributed by atoms with Gasteiger partial charge in [0.05, 0.1) is 0 Å². The van der Waals surface area contributed by atoms with Crippen LogP contribution >= 0.6 is 0 Å². The molecule has 1 aromatic rings. The fourth-order valence-corrected chi connectivity index (χ4v) is 1.27. The molecule has 3 heteroatoms. The van der Waals surface area contributed by atoms with Crippen LogP contribution in [0.3, 0.4) is 0 Å². The number of hydrogen-bond donors (Lipinski definition) is 3. The molecule has 0 aromatic heterocycles. The smallest absolute Gasteiger partial charge is 0.120 e. The van der Waals surface area contributed by atoms with E-state index in [1.54, 1.807) is 6.07 Å². The normalized spacial score (nSPS) is 12.8. The van der Waals surface area contributed by atoms with E-state index < -0.39 is 0 Å². The van der Waals surface area contributed by atoms with E-state index in [1.807, 2.05) is 19.1 Å². The average molecular weight is 181 g/mol. The zero-order valence-electron chi connectivity index (χ0n) is 7.70. The summed E-state index contributed by atoms with van der Waals surface area (Å²) in [5.74, 6) is 0.201. The fraction of sp³-hybridized carbons (Fsp3) is 0.400. The zero-order chi connectivity index (χ0) is 9.84. The van der Waals surface area contributed by atoms with Gasteiger partial charge in [-0.25, -0.2) is 0 Å². The van der Waals surface area contributed by atoms with Crippen LogP contribution in [0, 0.1) is 6.92 Å². The van der Waals surface area contributed by atoms with Gasteiger partial charge in [0.15, 0.2) is 0 Å². The van der Waals surface area contributed by atoms with Crippen molar-refractivity contribution in [1.29, 1.82) is 0 Å². The van der Waals surface area contributed by atoms with Crippen LogP contribution in [-0.2, 0) is 0 Å². The molecule has 1 atom stereocenters. The minimum Gasteiger partial charge on any atom is -0.508 e. The second kappa shape index (κ2) is 4.25. The van der Waals surface area contributed by atoms with Gasteiger partial charge < -0.3 is 15.9 Å². The maximum Gasteiger partial charge on any atom is 0.120 e. The van der Waals surface area contributed by atoms with Crippen molar-refractivity contribution in [3.05, 3.63) is 29.3 Å². The Bertz CT molecular complexity index is 286. The van der Waals surface area contributed by atoms with Crippen LogP contribution in [0.5, 0.6) is 5.75 Å². The quantitative estimate of drug-likeness (QED) is 0.653. The highest BCUT2D eigenvalue weighted by Gasteiger charge is 2.09. The van der Waals surface area contributed by atoms with Gasteiger partial charge in [0, 0.05) is 18.2 Å². The first kappa shape index (κ1) is 10.0. The number of nitrogens with two attached hydrogens (primary N) is 1. The molecule has 0 spiro atoms. The second-order valence-electron chi connectivity index (χ2n) is 3.18. The molecule has 0 unspecified atom stereocenters. The molecule has 0 bridgehead atoms. The first-order valence-electron chi connectivity index (χ1n) is 4.31. The fourth-order valence-electron chi connectivity index (χ4n) is 1.27. The molecule has 0 heterocycles. The lowest BCUT2D eigenvalue weighted by Crippen LogP contribution is -2.12. The van der Waals surface area contributed by atoms with E-state index in [1.165, 1.54) is 0 Å². The average Bonchev–Trinajstić information content (AvgIpc) is 2.09. The molecule has 0 saturated carbocycles. The molecular formula is C10H15NO2. The van der Waals surface area contributed by atoms with E-state index in [2.05, 4.69) is 0 Å². The largest absolute Gasteiger partial charge is 0.508 e. The molecule has 0 amide bonds. The Morgan fingerprint density at radius 2 is 2.15 bits per heavy atom. The Labute approximate surface area is 77.8 Å². The third kappa shape index (κ3) is 2.44. The van der Waals surface area contributed by atoms with Crippen LogP contribution in [0.1, 0.15) is 23.6 Å². The number of hydrogen-bond acceptors (Lipinski definition) is 3. The second-order valence-corrected chi connectivity index (χ2v) is 3.18. The van der Waals surface area contributed by atoms with Gasteiger partial charge in [0.25, 0.3) is 0 Å². The van der Waals surface area contributed by atoms with E-state index in [0.29, 0.717) is 12.0 Å². The Kier molecular flexibility index (Phi) is 3.28. The molecule has 3 nitrogen and oxygen atoms in total. The number of benzene rings is 1. The molecule has 1 aromatic carbocycles. The Morgan fingerprint density at radius 1 is 1.46 bits per heavy atom. The van der Waals surface area contributed by atoms with Crippen molar-refractivity contribution in [3.63, 3.8) is 0 Å². The van der Waals surface area contributed by atoms with Gasteiger partial charge >= 0.3 is 0 Å². The SMILES string of the molecule is Cc1ccc(O)c([C@@H](N)CCO)c1. The highest BCUT2D eigenvalue weighted by molar-refractivity contribution is 5.37. The Hall–Kier alpha value is -1.06. The molecule has 13 heavy (non-hydrogen) atoms. The lowest BCUT2D eigenvalue weighted by Gasteiger charge is -2.12. The molecule has 0 radical (unpaired) electrons. The number of aliphatic hydroxyl groups excluding tert-OH is 1. The van der Waals surface area contributed by atoms with Crippen LogP contribution in [0.25, 0.3) is 0 Å². The number of rotatable bonds is 3. The van der Waals surface area contributed by atoms with Crippen molar-refractivity contribution in [2.45, 2.75) is 19.4 Å². The molecule has 0 aliphatic rings.